The predicted molar refractivity (Wildman–Crippen MR) is 113 cm³/mol. The maximum atomic E-state index is 14.6. The molecule has 7 heteroatoms. The zero-order valence-corrected chi connectivity index (χ0v) is 16.7. The number of hydrogen-bond donors (Lipinski definition) is 0. The molecule has 3 aromatic rings. The van der Waals surface area contributed by atoms with Crippen molar-refractivity contribution < 1.29 is 23.2 Å². The number of halogens is 1. The summed E-state index contributed by atoms with van der Waals surface area (Å²) in [4.78, 5) is 43.4. The number of benzene rings is 2. The minimum Gasteiger partial charge on any atom is -0.461 e. The van der Waals surface area contributed by atoms with Crippen molar-refractivity contribution in [3.05, 3.63) is 95.8 Å². The second-order valence-corrected chi connectivity index (χ2v) is 8.14. The number of furan rings is 1. The van der Waals surface area contributed by atoms with E-state index in [1.165, 1.54) is 24.5 Å². The Bertz CT molecular complexity index is 1300. The summed E-state index contributed by atoms with van der Waals surface area (Å²) in [5.74, 6) is -3.78. The van der Waals surface area contributed by atoms with Gasteiger partial charge in [0.05, 0.1) is 29.8 Å². The highest BCUT2D eigenvalue weighted by atomic mass is 19.1. The number of para-hydroxylation sites is 1. The summed E-state index contributed by atoms with van der Waals surface area (Å²) in [5.41, 5.74) is 1.69. The van der Waals surface area contributed by atoms with Crippen molar-refractivity contribution in [3.63, 3.8) is 0 Å². The van der Waals surface area contributed by atoms with Crippen LogP contribution in [0.4, 0.5) is 10.1 Å². The lowest BCUT2D eigenvalue weighted by Gasteiger charge is -2.35. The van der Waals surface area contributed by atoms with Crippen LogP contribution in [-0.2, 0) is 9.59 Å². The van der Waals surface area contributed by atoms with Crippen LogP contribution < -0.4 is 4.90 Å². The SMILES string of the molecule is O=C(c1ccco1)[C@@H]1[C@@H]2C(=O)N(c3ccccc3F)C(=O)[C@@H]2[C@H]2c3ccccc3C=CN12. The van der Waals surface area contributed by atoms with Crippen molar-refractivity contribution >= 4 is 29.4 Å². The van der Waals surface area contributed by atoms with Gasteiger partial charge in [0.15, 0.2) is 5.76 Å². The van der Waals surface area contributed by atoms with Crippen molar-refractivity contribution in [3.8, 4) is 0 Å². The molecular formula is C25H17FN2O4. The lowest BCUT2D eigenvalue weighted by molar-refractivity contribution is -0.123. The standard InChI is InChI=1S/C25H17FN2O4/c26-16-8-3-4-9-17(16)28-24(30)19-20(25(28)31)22(23(29)18-10-5-13-32-18)27-12-11-14-6-1-2-7-15(14)21(19)27/h1-13,19-22H/t19-,20+,21+,22-/m0/s1. The van der Waals surface area contributed by atoms with Crippen LogP contribution in [0.3, 0.4) is 0 Å². The highest BCUT2D eigenvalue weighted by molar-refractivity contribution is 6.24. The molecule has 6 nitrogen and oxygen atoms in total. The molecule has 3 aliphatic heterocycles. The molecule has 1 aromatic heterocycles. The van der Waals surface area contributed by atoms with E-state index in [9.17, 15) is 18.8 Å². The molecule has 4 heterocycles. The number of nitrogens with zero attached hydrogens (tertiary/aromatic N) is 2. The van der Waals surface area contributed by atoms with Gasteiger partial charge in [-0.2, -0.15) is 0 Å². The average molecular weight is 428 g/mol. The van der Waals surface area contributed by atoms with E-state index < -0.39 is 41.6 Å². The molecule has 2 saturated heterocycles. The molecule has 2 aromatic carbocycles. The molecule has 3 aliphatic rings. The molecule has 0 radical (unpaired) electrons. The van der Waals surface area contributed by atoms with Crippen molar-refractivity contribution in [2.24, 2.45) is 11.8 Å². The Morgan fingerprint density at radius 1 is 0.906 bits per heavy atom. The molecule has 158 valence electrons. The third-order valence-electron chi connectivity index (χ3n) is 6.59. The Morgan fingerprint density at radius 2 is 1.66 bits per heavy atom. The number of rotatable bonds is 3. The van der Waals surface area contributed by atoms with Gasteiger partial charge in [0.2, 0.25) is 17.6 Å². The van der Waals surface area contributed by atoms with E-state index in [4.69, 9.17) is 4.42 Å². The Hall–Kier alpha value is -4.00. The number of carbonyl (C=O) groups is 3. The number of carbonyl (C=O) groups excluding carboxylic acids is 3. The first kappa shape index (κ1) is 18.7. The second kappa shape index (κ2) is 6.75. The summed E-state index contributed by atoms with van der Waals surface area (Å²) in [5, 5.41) is 0. The van der Waals surface area contributed by atoms with Crippen molar-refractivity contribution in [2.75, 3.05) is 4.90 Å². The fraction of sp³-hybridized carbons (Fsp3) is 0.160. The summed E-state index contributed by atoms with van der Waals surface area (Å²) >= 11 is 0. The van der Waals surface area contributed by atoms with E-state index in [2.05, 4.69) is 0 Å². The van der Waals surface area contributed by atoms with E-state index in [0.717, 1.165) is 16.0 Å². The van der Waals surface area contributed by atoms with Gasteiger partial charge in [-0.1, -0.05) is 36.4 Å². The Balaban J connectivity index is 1.52. The minimum atomic E-state index is -0.958. The van der Waals surface area contributed by atoms with Crippen LogP contribution in [0.5, 0.6) is 0 Å². The quantitative estimate of drug-likeness (QED) is 0.469. The number of amides is 2. The Kier molecular flexibility index (Phi) is 3.95. The molecular weight excluding hydrogens is 411 g/mol. The molecule has 2 amide bonds. The molecule has 0 bridgehead atoms. The highest BCUT2D eigenvalue weighted by Gasteiger charge is 2.65. The number of anilines is 1. The van der Waals surface area contributed by atoms with Gasteiger partial charge in [0, 0.05) is 6.20 Å². The van der Waals surface area contributed by atoms with Crippen molar-refractivity contribution in [1.29, 1.82) is 0 Å². The second-order valence-electron chi connectivity index (χ2n) is 8.14. The van der Waals surface area contributed by atoms with E-state index in [1.54, 1.807) is 29.3 Å². The maximum absolute atomic E-state index is 14.6. The summed E-state index contributed by atoms with van der Waals surface area (Å²) in [6.07, 6.45) is 5.04. The van der Waals surface area contributed by atoms with Crippen LogP contribution in [0.1, 0.15) is 27.7 Å². The molecule has 0 N–H and O–H groups in total. The number of imide groups is 1. The summed E-state index contributed by atoms with van der Waals surface area (Å²) < 4.78 is 19.9. The monoisotopic (exact) mass is 428 g/mol. The third-order valence-corrected chi connectivity index (χ3v) is 6.59. The van der Waals surface area contributed by atoms with E-state index >= 15 is 0 Å². The minimum absolute atomic E-state index is 0.0905. The van der Waals surface area contributed by atoms with Crippen LogP contribution in [0, 0.1) is 17.7 Å². The summed E-state index contributed by atoms with van der Waals surface area (Å²) in [6.45, 7) is 0. The first-order valence-corrected chi connectivity index (χ1v) is 10.3. The molecule has 0 aliphatic carbocycles. The van der Waals surface area contributed by atoms with E-state index in [1.807, 2.05) is 30.3 Å². The largest absolute Gasteiger partial charge is 0.461 e. The van der Waals surface area contributed by atoms with Crippen molar-refractivity contribution in [1.82, 2.24) is 4.90 Å². The third kappa shape index (κ3) is 2.42. The van der Waals surface area contributed by atoms with Crippen LogP contribution in [0.25, 0.3) is 6.08 Å². The molecule has 6 rings (SSSR count). The van der Waals surface area contributed by atoms with Crippen LogP contribution in [-0.4, -0.2) is 28.5 Å². The zero-order valence-electron chi connectivity index (χ0n) is 16.7. The lowest BCUT2D eigenvalue weighted by atomic mass is 9.84. The fourth-order valence-corrected chi connectivity index (χ4v) is 5.29. The lowest BCUT2D eigenvalue weighted by Crippen LogP contribution is -2.44. The van der Waals surface area contributed by atoms with Gasteiger partial charge >= 0.3 is 0 Å². The number of hydrogen-bond acceptors (Lipinski definition) is 5. The Morgan fingerprint density at radius 3 is 2.44 bits per heavy atom. The van der Waals surface area contributed by atoms with Crippen LogP contribution in [0.15, 0.2) is 77.5 Å². The van der Waals surface area contributed by atoms with Gasteiger partial charge in [-0.15, -0.1) is 0 Å². The van der Waals surface area contributed by atoms with Crippen LogP contribution in [0.2, 0.25) is 0 Å². The smallest absolute Gasteiger partial charge is 0.240 e. The Labute approximate surface area is 182 Å². The number of fused-ring (bicyclic) bond motifs is 5. The predicted octanol–water partition coefficient (Wildman–Crippen LogP) is 3.82. The summed E-state index contributed by atoms with van der Waals surface area (Å²) in [7, 11) is 0. The molecule has 0 unspecified atom stereocenters. The van der Waals surface area contributed by atoms with Crippen molar-refractivity contribution in [2.45, 2.75) is 12.1 Å². The van der Waals surface area contributed by atoms with E-state index in [0.29, 0.717) is 0 Å². The van der Waals surface area contributed by atoms with Gasteiger partial charge in [-0.25, -0.2) is 9.29 Å². The molecule has 32 heavy (non-hydrogen) atoms. The molecule has 2 fully saturated rings. The molecule has 0 spiro atoms. The molecule has 4 atom stereocenters. The van der Waals surface area contributed by atoms with Crippen LogP contribution >= 0.6 is 0 Å². The van der Waals surface area contributed by atoms with Gasteiger partial charge in [0.1, 0.15) is 11.9 Å². The van der Waals surface area contributed by atoms with Gasteiger partial charge in [0.25, 0.3) is 0 Å². The number of ketones is 1. The normalized spacial score (nSPS) is 25.7. The zero-order chi connectivity index (χ0) is 22.0. The average Bonchev–Trinajstić information content (AvgIpc) is 3.51. The summed E-state index contributed by atoms with van der Waals surface area (Å²) in [6, 6.07) is 15.0. The first-order valence-electron chi connectivity index (χ1n) is 10.3. The topological polar surface area (TPSA) is 70.8 Å². The number of Topliss-reactive ketones (excluding diaryl/α,β-unsaturated/α-hetero) is 1. The van der Waals surface area contributed by atoms with Gasteiger partial charge in [-0.05, 0) is 41.5 Å². The maximum Gasteiger partial charge on any atom is 0.240 e. The fourth-order valence-electron chi connectivity index (χ4n) is 5.29. The first-order chi connectivity index (χ1) is 15.6. The van der Waals surface area contributed by atoms with E-state index in [-0.39, 0.29) is 17.2 Å². The molecule has 0 saturated carbocycles. The highest BCUT2D eigenvalue weighted by Crippen LogP contribution is 2.53. The van der Waals surface area contributed by atoms with Gasteiger partial charge < -0.3 is 9.32 Å². The van der Waals surface area contributed by atoms with Gasteiger partial charge in [-0.3, -0.25) is 14.4 Å².